The fraction of sp³-hybridized carbons (Fsp3) is 0.100. The van der Waals surface area contributed by atoms with Crippen LogP contribution in [0.2, 0.25) is 5.02 Å². The van der Waals surface area contributed by atoms with Gasteiger partial charge in [0, 0.05) is 33.4 Å². The minimum atomic E-state index is -0.869. The van der Waals surface area contributed by atoms with Gasteiger partial charge in [0.15, 0.2) is 5.69 Å². The summed E-state index contributed by atoms with van der Waals surface area (Å²) in [6.07, 6.45) is 1.83. The zero-order valence-corrected chi connectivity index (χ0v) is 15.1. The lowest BCUT2D eigenvalue weighted by atomic mass is 10.1. The maximum absolute atomic E-state index is 11.2. The summed E-state index contributed by atoms with van der Waals surface area (Å²) in [6.45, 7) is 7.84. The number of hydrogen-bond donors (Lipinski definition) is 1. The third kappa shape index (κ3) is 2.94. The Labute approximate surface area is 158 Å². The molecule has 2 heterocycles. The van der Waals surface area contributed by atoms with Crippen LogP contribution in [0.4, 0.5) is 5.69 Å². The molecule has 0 bridgehead atoms. The Bertz CT molecular complexity index is 1200. The van der Waals surface area contributed by atoms with Crippen LogP contribution in [-0.2, 0) is 17.8 Å². The maximum Gasteiger partial charge on any atom is 0.307 e. The van der Waals surface area contributed by atoms with Crippen molar-refractivity contribution in [3.05, 3.63) is 75.5 Å². The summed E-state index contributed by atoms with van der Waals surface area (Å²) in [5.41, 5.74) is 3.29. The van der Waals surface area contributed by atoms with Gasteiger partial charge in [-0.1, -0.05) is 23.7 Å². The van der Waals surface area contributed by atoms with E-state index in [0.717, 1.165) is 32.1 Å². The van der Waals surface area contributed by atoms with Gasteiger partial charge < -0.3 is 9.67 Å². The van der Waals surface area contributed by atoms with Crippen molar-refractivity contribution in [1.82, 2.24) is 4.57 Å². The molecular formula is C20H13ClN2O2S. The van der Waals surface area contributed by atoms with Gasteiger partial charge in [-0.15, -0.1) is 11.3 Å². The van der Waals surface area contributed by atoms with E-state index in [1.54, 1.807) is 17.4 Å². The summed E-state index contributed by atoms with van der Waals surface area (Å²) in [6, 6.07) is 11.2. The number of fused-ring (bicyclic) bond motifs is 2. The smallest absolute Gasteiger partial charge is 0.307 e. The number of carboxylic acid groups (broad SMARTS) is 1. The summed E-state index contributed by atoms with van der Waals surface area (Å²) >= 11 is 7.80. The van der Waals surface area contributed by atoms with Crippen molar-refractivity contribution < 1.29 is 9.90 Å². The van der Waals surface area contributed by atoms with E-state index in [2.05, 4.69) is 10.2 Å². The minimum absolute atomic E-state index is 0.0446. The molecule has 0 fully saturated rings. The van der Waals surface area contributed by atoms with Crippen LogP contribution >= 0.6 is 22.9 Å². The van der Waals surface area contributed by atoms with E-state index >= 15 is 0 Å². The van der Waals surface area contributed by atoms with E-state index in [4.69, 9.17) is 18.2 Å². The first-order valence-electron chi connectivity index (χ1n) is 7.92. The van der Waals surface area contributed by atoms with Crippen LogP contribution in [0.1, 0.15) is 11.1 Å². The van der Waals surface area contributed by atoms with Crippen molar-refractivity contribution in [3.8, 4) is 0 Å². The van der Waals surface area contributed by atoms with E-state index in [-0.39, 0.29) is 6.42 Å². The lowest BCUT2D eigenvalue weighted by Crippen LogP contribution is -2.00. The molecule has 2 aromatic heterocycles. The van der Waals surface area contributed by atoms with Crippen molar-refractivity contribution in [2.75, 3.05) is 0 Å². The molecule has 1 N–H and O–H groups in total. The predicted octanol–water partition coefficient (Wildman–Crippen LogP) is 5.74. The molecule has 6 heteroatoms. The fourth-order valence-corrected chi connectivity index (χ4v) is 4.33. The highest BCUT2D eigenvalue weighted by molar-refractivity contribution is 7.17. The molecular weight excluding hydrogens is 368 g/mol. The van der Waals surface area contributed by atoms with Crippen LogP contribution in [0, 0.1) is 6.57 Å². The van der Waals surface area contributed by atoms with Crippen molar-refractivity contribution >= 4 is 55.6 Å². The second-order valence-electron chi connectivity index (χ2n) is 6.07. The molecule has 0 aliphatic heterocycles. The van der Waals surface area contributed by atoms with Crippen molar-refractivity contribution in [2.45, 2.75) is 13.0 Å². The second-order valence-corrected chi connectivity index (χ2v) is 7.42. The standard InChI is InChI=1S/C20H13ClN2O2S/c1-22-15-3-4-16-12(6-20(24)25)9-23(18(16)8-15)10-13-11-26-19-5-2-14(21)7-17(13)19/h2-5,7-9,11H,6,10H2,(H,24,25). The number of halogens is 1. The third-order valence-electron chi connectivity index (χ3n) is 4.38. The molecule has 128 valence electrons. The summed E-state index contributed by atoms with van der Waals surface area (Å²) in [4.78, 5) is 14.7. The molecule has 0 radical (unpaired) electrons. The van der Waals surface area contributed by atoms with Gasteiger partial charge in [0.2, 0.25) is 0 Å². The van der Waals surface area contributed by atoms with Gasteiger partial charge in [-0.3, -0.25) is 4.79 Å². The average molecular weight is 381 g/mol. The molecule has 26 heavy (non-hydrogen) atoms. The largest absolute Gasteiger partial charge is 0.481 e. The van der Waals surface area contributed by atoms with Gasteiger partial charge in [-0.05, 0) is 46.2 Å². The Kier molecular flexibility index (Phi) is 4.15. The van der Waals surface area contributed by atoms with Crippen LogP contribution in [0.25, 0.3) is 25.8 Å². The highest BCUT2D eigenvalue weighted by Crippen LogP contribution is 2.32. The number of nitrogens with zero attached hydrogens (tertiary/aromatic N) is 2. The van der Waals surface area contributed by atoms with E-state index in [0.29, 0.717) is 17.3 Å². The summed E-state index contributed by atoms with van der Waals surface area (Å²) in [5, 5.41) is 14.0. The molecule has 2 aromatic carbocycles. The van der Waals surface area contributed by atoms with Crippen molar-refractivity contribution in [2.24, 2.45) is 0 Å². The lowest BCUT2D eigenvalue weighted by molar-refractivity contribution is -0.136. The Balaban J connectivity index is 1.85. The Morgan fingerprint density at radius 1 is 1.19 bits per heavy atom. The Hall–Kier alpha value is -2.81. The predicted molar refractivity (Wildman–Crippen MR) is 105 cm³/mol. The maximum atomic E-state index is 11.2. The zero-order valence-electron chi connectivity index (χ0n) is 13.6. The molecule has 0 unspecified atom stereocenters. The third-order valence-corrected chi connectivity index (χ3v) is 5.62. The Morgan fingerprint density at radius 3 is 2.81 bits per heavy atom. The van der Waals surface area contributed by atoms with Crippen molar-refractivity contribution in [1.29, 1.82) is 0 Å². The molecule has 0 saturated heterocycles. The van der Waals surface area contributed by atoms with Gasteiger partial charge in [-0.2, -0.15) is 0 Å². The lowest BCUT2D eigenvalue weighted by Gasteiger charge is -2.05. The average Bonchev–Trinajstić information content (AvgIpc) is 3.16. The van der Waals surface area contributed by atoms with E-state index in [1.165, 1.54) is 0 Å². The molecule has 0 aliphatic carbocycles. The number of carboxylic acids is 1. The Morgan fingerprint density at radius 2 is 2.04 bits per heavy atom. The number of aliphatic carboxylic acids is 1. The van der Waals surface area contributed by atoms with Gasteiger partial charge >= 0.3 is 5.97 Å². The zero-order chi connectivity index (χ0) is 18.3. The van der Waals surface area contributed by atoms with E-state index in [1.807, 2.05) is 41.1 Å². The highest BCUT2D eigenvalue weighted by Gasteiger charge is 2.14. The van der Waals surface area contributed by atoms with Gasteiger partial charge in [0.05, 0.1) is 13.0 Å². The van der Waals surface area contributed by atoms with Gasteiger partial charge in [-0.25, -0.2) is 4.85 Å². The molecule has 4 nitrogen and oxygen atoms in total. The first kappa shape index (κ1) is 16.6. The highest BCUT2D eigenvalue weighted by atomic mass is 35.5. The minimum Gasteiger partial charge on any atom is -0.481 e. The quantitative estimate of drug-likeness (QED) is 0.459. The first-order chi connectivity index (χ1) is 12.5. The number of thiophene rings is 1. The first-order valence-corrected chi connectivity index (χ1v) is 9.17. The van der Waals surface area contributed by atoms with Gasteiger partial charge in [0.25, 0.3) is 0 Å². The van der Waals surface area contributed by atoms with Crippen LogP contribution < -0.4 is 0 Å². The monoisotopic (exact) mass is 380 g/mol. The van der Waals surface area contributed by atoms with Gasteiger partial charge in [0.1, 0.15) is 0 Å². The summed E-state index contributed by atoms with van der Waals surface area (Å²) in [5.74, 6) is -0.869. The number of carbonyl (C=O) groups is 1. The second kappa shape index (κ2) is 6.49. The molecule has 0 spiro atoms. The van der Waals surface area contributed by atoms with Crippen LogP contribution in [0.15, 0.2) is 48.0 Å². The van der Waals surface area contributed by atoms with Crippen LogP contribution in [0.5, 0.6) is 0 Å². The summed E-state index contributed by atoms with van der Waals surface area (Å²) in [7, 11) is 0. The van der Waals surface area contributed by atoms with Crippen LogP contribution in [0.3, 0.4) is 0 Å². The SMILES string of the molecule is [C-]#[N+]c1ccc2c(CC(=O)O)cn(Cc3csc4ccc(Cl)cc34)c2c1. The topological polar surface area (TPSA) is 46.6 Å². The number of hydrogen-bond acceptors (Lipinski definition) is 2. The molecule has 4 aromatic rings. The van der Waals surface area contributed by atoms with E-state index < -0.39 is 5.97 Å². The number of rotatable bonds is 4. The molecule has 0 atom stereocenters. The molecule has 4 rings (SSSR count). The summed E-state index contributed by atoms with van der Waals surface area (Å²) < 4.78 is 3.18. The molecule has 0 aliphatic rings. The van der Waals surface area contributed by atoms with E-state index in [9.17, 15) is 9.90 Å². The number of aromatic nitrogens is 1. The molecule has 0 amide bonds. The fourth-order valence-electron chi connectivity index (χ4n) is 3.22. The normalized spacial score (nSPS) is 11.1. The van der Waals surface area contributed by atoms with Crippen LogP contribution in [-0.4, -0.2) is 15.6 Å². The number of benzene rings is 2. The van der Waals surface area contributed by atoms with Crippen molar-refractivity contribution in [3.63, 3.8) is 0 Å². The molecule has 0 saturated carbocycles.